The summed E-state index contributed by atoms with van der Waals surface area (Å²) in [6.07, 6.45) is 5.47. The van der Waals surface area contributed by atoms with Crippen molar-refractivity contribution < 1.29 is 4.74 Å². The number of hydrogen-bond acceptors (Lipinski definition) is 3. The topological polar surface area (TPSA) is 38.5 Å². The van der Waals surface area contributed by atoms with Gasteiger partial charge in [-0.2, -0.15) is 0 Å². The van der Waals surface area contributed by atoms with E-state index in [0.717, 1.165) is 24.9 Å². The molecule has 2 fully saturated rings. The molecule has 0 bridgehead atoms. The predicted molar refractivity (Wildman–Crippen MR) is 80.1 cm³/mol. The Labute approximate surface area is 118 Å². The molecule has 1 aliphatic carbocycles. The van der Waals surface area contributed by atoms with Gasteiger partial charge in [-0.05, 0) is 50.0 Å². The lowest BCUT2D eigenvalue weighted by Crippen LogP contribution is -2.61. The molecular weight excluding hydrogens is 236 g/mol. The zero-order valence-electron chi connectivity index (χ0n) is 13.2. The Morgan fingerprint density at radius 1 is 1.16 bits per heavy atom. The second-order valence-corrected chi connectivity index (χ2v) is 7.11. The maximum absolute atomic E-state index is 6.22. The molecule has 2 aliphatic rings. The number of ether oxygens (including phenoxy) is 1. The number of hydrogen-bond donors (Lipinski definition) is 1. The van der Waals surface area contributed by atoms with E-state index in [0.29, 0.717) is 12.0 Å². The summed E-state index contributed by atoms with van der Waals surface area (Å²) in [7, 11) is 1.85. The number of piperidine rings is 1. The van der Waals surface area contributed by atoms with E-state index >= 15 is 0 Å². The predicted octanol–water partition coefficient (Wildman–Crippen LogP) is 2.50. The quantitative estimate of drug-likeness (QED) is 0.854. The SMILES string of the molecule is COC1CN(C2(CN)CCC(C)C(C)C2)CCC1C. The summed E-state index contributed by atoms with van der Waals surface area (Å²) >= 11 is 0. The van der Waals surface area contributed by atoms with Crippen LogP contribution in [-0.2, 0) is 4.74 Å². The Hall–Kier alpha value is -0.120. The van der Waals surface area contributed by atoms with Crippen LogP contribution in [-0.4, -0.2) is 43.3 Å². The first-order valence-electron chi connectivity index (χ1n) is 8.00. The largest absolute Gasteiger partial charge is 0.380 e. The molecule has 3 heteroatoms. The van der Waals surface area contributed by atoms with Gasteiger partial charge >= 0.3 is 0 Å². The van der Waals surface area contributed by atoms with E-state index in [9.17, 15) is 0 Å². The molecule has 112 valence electrons. The fraction of sp³-hybridized carbons (Fsp3) is 1.00. The molecule has 0 aromatic heterocycles. The standard InChI is InChI=1S/C16H32N2O/c1-12-5-7-16(11-17,9-14(12)3)18-8-6-13(2)15(10-18)19-4/h12-15H,5-11,17H2,1-4H3. The van der Waals surface area contributed by atoms with Crippen molar-refractivity contribution >= 4 is 0 Å². The number of methoxy groups -OCH3 is 1. The minimum absolute atomic E-state index is 0.239. The molecule has 1 aliphatic heterocycles. The van der Waals surface area contributed by atoms with Crippen molar-refractivity contribution in [1.82, 2.24) is 4.90 Å². The molecule has 1 heterocycles. The maximum atomic E-state index is 6.22. The molecule has 5 atom stereocenters. The van der Waals surface area contributed by atoms with Gasteiger partial charge in [0.05, 0.1) is 6.10 Å². The summed E-state index contributed by atoms with van der Waals surface area (Å²) < 4.78 is 5.68. The van der Waals surface area contributed by atoms with E-state index < -0.39 is 0 Å². The first kappa shape index (κ1) is 15.3. The molecule has 0 aromatic rings. The van der Waals surface area contributed by atoms with Crippen LogP contribution in [0, 0.1) is 17.8 Å². The third-order valence-electron chi connectivity index (χ3n) is 5.98. The zero-order chi connectivity index (χ0) is 14.0. The number of nitrogens with two attached hydrogens (primary N) is 1. The maximum Gasteiger partial charge on any atom is 0.0724 e. The van der Waals surface area contributed by atoms with E-state index in [1.165, 1.54) is 32.2 Å². The molecule has 0 radical (unpaired) electrons. The van der Waals surface area contributed by atoms with E-state index in [1.54, 1.807) is 0 Å². The van der Waals surface area contributed by atoms with Crippen molar-refractivity contribution in [2.24, 2.45) is 23.5 Å². The van der Waals surface area contributed by atoms with Gasteiger partial charge in [0.25, 0.3) is 0 Å². The molecule has 1 saturated heterocycles. The summed E-state index contributed by atoms with van der Waals surface area (Å²) in [5, 5.41) is 0. The second-order valence-electron chi connectivity index (χ2n) is 7.11. The number of rotatable bonds is 3. The van der Waals surface area contributed by atoms with Gasteiger partial charge in [0, 0.05) is 25.7 Å². The van der Waals surface area contributed by atoms with Crippen LogP contribution in [0.2, 0.25) is 0 Å². The molecule has 0 aromatic carbocycles. The summed E-state index contributed by atoms with van der Waals surface area (Å²) in [5.74, 6) is 2.32. The van der Waals surface area contributed by atoms with Crippen LogP contribution >= 0.6 is 0 Å². The van der Waals surface area contributed by atoms with Crippen LogP contribution in [0.5, 0.6) is 0 Å². The monoisotopic (exact) mass is 268 g/mol. The van der Waals surface area contributed by atoms with E-state index in [2.05, 4.69) is 25.7 Å². The van der Waals surface area contributed by atoms with Crippen LogP contribution in [0.4, 0.5) is 0 Å². The van der Waals surface area contributed by atoms with Crippen LogP contribution in [0.1, 0.15) is 46.5 Å². The van der Waals surface area contributed by atoms with Crippen LogP contribution < -0.4 is 5.73 Å². The highest BCUT2D eigenvalue weighted by Crippen LogP contribution is 2.41. The average Bonchev–Trinajstić information content (AvgIpc) is 2.42. The van der Waals surface area contributed by atoms with E-state index in [1.807, 2.05) is 7.11 Å². The van der Waals surface area contributed by atoms with Crippen molar-refractivity contribution in [3.63, 3.8) is 0 Å². The Balaban J connectivity index is 2.09. The normalized spacial score (nSPS) is 45.3. The number of likely N-dealkylation sites (tertiary alicyclic amines) is 1. The Kier molecular flexibility index (Phi) is 4.91. The van der Waals surface area contributed by atoms with Gasteiger partial charge in [-0.25, -0.2) is 0 Å². The minimum Gasteiger partial charge on any atom is -0.380 e. The Bertz CT molecular complexity index is 296. The molecule has 3 nitrogen and oxygen atoms in total. The van der Waals surface area contributed by atoms with E-state index in [-0.39, 0.29) is 5.54 Å². The molecule has 19 heavy (non-hydrogen) atoms. The average molecular weight is 268 g/mol. The molecule has 1 saturated carbocycles. The molecule has 0 spiro atoms. The van der Waals surface area contributed by atoms with Crippen molar-refractivity contribution in [1.29, 1.82) is 0 Å². The zero-order valence-corrected chi connectivity index (χ0v) is 13.2. The Morgan fingerprint density at radius 3 is 2.47 bits per heavy atom. The van der Waals surface area contributed by atoms with Gasteiger partial charge in [0.15, 0.2) is 0 Å². The lowest BCUT2D eigenvalue weighted by atomic mass is 9.69. The smallest absolute Gasteiger partial charge is 0.0724 e. The van der Waals surface area contributed by atoms with Crippen molar-refractivity contribution in [3.8, 4) is 0 Å². The first-order valence-corrected chi connectivity index (χ1v) is 8.00. The molecular formula is C16H32N2O. The molecule has 2 N–H and O–H groups in total. The van der Waals surface area contributed by atoms with Gasteiger partial charge in [-0.15, -0.1) is 0 Å². The van der Waals surface area contributed by atoms with Gasteiger partial charge in [-0.3, -0.25) is 4.90 Å². The summed E-state index contributed by atoms with van der Waals surface area (Å²) in [4.78, 5) is 2.66. The van der Waals surface area contributed by atoms with Crippen molar-refractivity contribution in [2.75, 3.05) is 26.7 Å². The Morgan fingerprint density at radius 2 is 1.89 bits per heavy atom. The van der Waals surface area contributed by atoms with Crippen molar-refractivity contribution in [2.45, 2.75) is 58.1 Å². The highest BCUT2D eigenvalue weighted by molar-refractivity contribution is 4.99. The molecule has 0 amide bonds. The minimum atomic E-state index is 0.239. The third-order valence-corrected chi connectivity index (χ3v) is 5.98. The second kappa shape index (κ2) is 6.11. The highest BCUT2D eigenvalue weighted by atomic mass is 16.5. The van der Waals surface area contributed by atoms with Crippen LogP contribution in [0.3, 0.4) is 0 Å². The van der Waals surface area contributed by atoms with Crippen LogP contribution in [0.25, 0.3) is 0 Å². The van der Waals surface area contributed by atoms with Crippen molar-refractivity contribution in [3.05, 3.63) is 0 Å². The van der Waals surface area contributed by atoms with Gasteiger partial charge < -0.3 is 10.5 Å². The fourth-order valence-corrected chi connectivity index (χ4v) is 4.06. The summed E-state index contributed by atoms with van der Waals surface area (Å²) in [5.41, 5.74) is 6.45. The lowest BCUT2D eigenvalue weighted by Gasteiger charge is -2.52. The van der Waals surface area contributed by atoms with Gasteiger partial charge in [0.1, 0.15) is 0 Å². The van der Waals surface area contributed by atoms with Gasteiger partial charge in [0.2, 0.25) is 0 Å². The first-order chi connectivity index (χ1) is 9.02. The molecule has 2 rings (SSSR count). The summed E-state index contributed by atoms with van der Waals surface area (Å²) in [6, 6.07) is 0. The molecule has 5 unspecified atom stereocenters. The third kappa shape index (κ3) is 2.98. The highest BCUT2D eigenvalue weighted by Gasteiger charge is 2.43. The van der Waals surface area contributed by atoms with Gasteiger partial charge in [-0.1, -0.05) is 20.8 Å². The summed E-state index contributed by atoms with van der Waals surface area (Å²) in [6.45, 7) is 10.2. The van der Waals surface area contributed by atoms with Crippen LogP contribution in [0.15, 0.2) is 0 Å². The number of nitrogens with zero attached hydrogens (tertiary/aromatic N) is 1. The fourth-order valence-electron chi connectivity index (χ4n) is 4.06. The van der Waals surface area contributed by atoms with E-state index in [4.69, 9.17) is 10.5 Å². The lowest BCUT2D eigenvalue weighted by molar-refractivity contribution is -0.0651.